The van der Waals surface area contributed by atoms with E-state index >= 15 is 0 Å². The van der Waals surface area contributed by atoms with Gasteiger partial charge in [0.2, 0.25) is 0 Å². The van der Waals surface area contributed by atoms with Crippen LogP contribution in [-0.2, 0) is 6.54 Å². The van der Waals surface area contributed by atoms with Crippen molar-refractivity contribution in [3.63, 3.8) is 0 Å². The number of thiazole rings is 1. The van der Waals surface area contributed by atoms with Crippen LogP contribution < -0.4 is 5.73 Å². The summed E-state index contributed by atoms with van der Waals surface area (Å²) in [7, 11) is 0. The lowest BCUT2D eigenvalue weighted by Gasteiger charge is -2.05. The summed E-state index contributed by atoms with van der Waals surface area (Å²) in [6.07, 6.45) is 1.85. The van der Waals surface area contributed by atoms with Crippen LogP contribution in [0.25, 0.3) is 27.3 Å². The van der Waals surface area contributed by atoms with E-state index in [0.29, 0.717) is 6.54 Å². The molecule has 4 aromatic rings. The molecule has 0 atom stereocenters. The minimum absolute atomic E-state index is 0.493. The molecule has 0 aliphatic heterocycles. The van der Waals surface area contributed by atoms with E-state index in [1.807, 2.05) is 12.3 Å². The van der Waals surface area contributed by atoms with E-state index in [4.69, 9.17) is 5.73 Å². The second kappa shape index (κ2) is 5.40. The van der Waals surface area contributed by atoms with Gasteiger partial charge in [-0.3, -0.25) is 4.40 Å². The molecule has 0 saturated carbocycles. The fourth-order valence-electron chi connectivity index (χ4n) is 2.68. The number of nitrogens with zero attached hydrogens (tertiary/aromatic N) is 2. The van der Waals surface area contributed by atoms with Crippen molar-refractivity contribution in [1.29, 1.82) is 0 Å². The maximum absolute atomic E-state index is 5.81. The minimum Gasteiger partial charge on any atom is -0.325 e. The van der Waals surface area contributed by atoms with Crippen LogP contribution in [-0.4, -0.2) is 9.38 Å². The Morgan fingerprint density at radius 3 is 2.32 bits per heavy atom. The average Bonchev–Trinajstić information content (AvgIpc) is 3.17. The molecule has 2 heterocycles. The van der Waals surface area contributed by atoms with Crippen LogP contribution in [0.15, 0.2) is 66.2 Å². The Hall–Kier alpha value is -2.43. The van der Waals surface area contributed by atoms with Crippen molar-refractivity contribution < 1.29 is 0 Å². The summed E-state index contributed by atoms with van der Waals surface area (Å²) in [4.78, 5) is 5.39. The molecule has 0 spiro atoms. The summed E-state index contributed by atoms with van der Waals surface area (Å²) in [5.74, 6) is 0. The summed E-state index contributed by atoms with van der Waals surface area (Å²) < 4.78 is 2.14. The van der Waals surface area contributed by atoms with E-state index in [0.717, 1.165) is 16.3 Å². The first-order chi connectivity index (χ1) is 10.9. The summed E-state index contributed by atoms with van der Waals surface area (Å²) in [5.41, 5.74) is 11.6. The highest BCUT2D eigenvalue weighted by Crippen LogP contribution is 2.29. The van der Waals surface area contributed by atoms with E-state index in [2.05, 4.69) is 63.3 Å². The molecule has 0 unspecified atom stereocenters. The zero-order chi connectivity index (χ0) is 14.9. The molecule has 4 rings (SSSR count). The maximum atomic E-state index is 5.81. The van der Waals surface area contributed by atoms with E-state index in [-0.39, 0.29) is 0 Å². The van der Waals surface area contributed by atoms with E-state index < -0.39 is 0 Å². The van der Waals surface area contributed by atoms with Crippen LogP contribution in [0.5, 0.6) is 0 Å². The highest BCUT2D eigenvalue weighted by atomic mass is 32.1. The SMILES string of the molecule is NCc1cnc2scc(-c3ccc(-c4ccccc4)cc3)n12. The van der Waals surface area contributed by atoms with Gasteiger partial charge in [0.05, 0.1) is 17.6 Å². The van der Waals surface area contributed by atoms with Crippen LogP contribution in [0.3, 0.4) is 0 Å². The number of rotatable bonds is 3. The van der Waals surface area contributed by atoms with Gasteiger partial charge in [-0.1, -0.05) is 54.6 Å². The van der Waals surface area contributed by atoms with Crippen LogP contribution in [0.4, 0.5) is 0 Å². The Balaban J connectivity index is 1.78. The first kappa shape index (κ1) is 13.2. The molecule has 2 aromatic heterocycles. The van der Waals surface area contributed by atoms with Gasteiger partial charge in [0.1, 0.15) is 0 Å². The number of hydrogen-bond acceptors (Lipinski definition) is 3. The fraction of sp³-hybridized carbons (Fsp3) is 0.0556. The fourth-order valence-corrected chi connectivity index (χ4v) is 3.57. The Morgan fingerprint density at radius 2 is 1.59 bits per heavy atom. The Labute approximate surface area is 132 Å². The molecule has 0 radical (unpaired) electrons. The van der Waals surface area contributed by atoms with Gasteiger partial charge in [0.25, 0.3) is 0 Å². The lowest BCUT2D eigenvalue weighted by Crippen LogP contribution is -2.00. The van der Waals surface area contributed by atoms with Crippen molar-refractivity contribution in [1.82, 2.24) is 9.38 Å². The molecule has 0 aliphatic rings. The van der Waals surface area contributed by atoms with Crippen molar-refractivity contribution in [2.24, 2.45) is 5.73 Å². The van der Waals surface area contributed by atoms with Gasteiger partial charge >= 0.3 is 0 Å². The number of imidazole rings is 1. The zero-order valence-electron chi connectivity index (χ0n) is 11.9. The quantitative estimate of drug-likeness (QED) is 0.617. The molecule has 22 heavy (non-hydrogen) atoms. The Bertz CT molecular complexity index is 905. The second-order valence-corrected chi connectivity index (χ2v) is 5.97. The molecule has 0 fully saturated rings. The van der Waals surface area contributed by atoms with Crippen molar-refractivity contribution in [2.45, 2.75) is 6.54 Å². The number of nitrogens with two attached hydrogens (primary N) is 1. The molecule has 4 heteroatoms. The van der Waals surface area contributed by atoms with Crippen molar-refractivity contribution in [3.05, 3.63) is 71.9 Å². The zero-order valence-corrected chi connectivity index (χ0v) is 12.8. The normalized spacial score (nSPS) is 11.1. The smallest absolute Gasteiger partial charge is 0.194 e. The lowest BCUT2D eigenvalue weighted by atomic mass is 10.0. The Kier molecular flexibility index (Phi) is 3.25. The van der Waals surface area contributed by atoms with E-state index in [9.17, 15) is 0 Å². The van der Waals surface area contributed by atoms with Crippen LogP contribution in [0, 0.1) is 0 Å². The van der Waals surface area contributed by atoms with Crippen molar-refractivity contribution in [3.8, 4) is 22.4 Å². The third kappa shape index (κ3) is 2.13. The molecule has 2 N–H and O–H groups in total. The molecular formula is C18H15N3S. The lowest BCUT2D eigenvalue weighted by molar-refractivity contribution is 0.971. The summed E-state index contributed by atoms with van der Waals surface area (Å²) in [5, 5.41) is 2.14. The van der Waals surface area contributed by atoms with E-state index in [1.165, 1.54) is 16.7 Å². The summed E-state index contributed by atoms with van der Waals surface area (Å²) in [6, 6.07) is 19.0. The monoisotopic (exact) mass is 305 g/mol. The molecule has 0 aliphatic carbocycles. The largest absolute Gasteiger partial charge is 0.325 e. The molecule has 108 valence electrons. The first-order valence-corrected chi connectivity index (χ1v) is 8.04. The third-order valence-corrected chi connectivity index (χ3v) is 4.66. The first-order valence-electron chi connectivity index (χ1n) is 7.16. The molecule has 3 nitrogen and oxygen atoms in total. The molecular weight excluding hydrogens is 290 g/mol. The van der Waals surface area contributed by atoms with Gasteiger partial charge in [-0.15, -0.1) is 11.3 Å². The molecule has 0 bridgehead atoms. The van der Waals surface area contributed by atoms with Gasteiger partial charge < -0.3 is 5.73 Å². The number of hydrogen-bond donors (Lipinski definition) is 1. The van der Waals surface area contributed by atoms with Gasteiger partial charge in [-0.2, -0.15) is 0 Å². The molecule has 2 aromatic carbocycles. The highest BCUT2D eigenvalue weighted by molar-refractivity contribution is 7.15. The standard InChI is InChI=1S/C18H15N3S/c19-10-16-11-20-18-21(16)17(12-22-18)15-8-6-14(7-9-15)13-4-2-1-3-5-13/h1-9,11-12H,10,19H2. The molecule has 0 saturated heterocycles. The van der Waals surface area contributed by atoms with Crippen LogP contribution in [0.1, 0.15) is 5.69 Å². The van der Waals surface area contributed by atoms with Gasteiger partial charge in [-0.05, 0) is 16.7 Å². The van der Waals surface area contributed by atoms with Crippen LogP contribution >= 0.6 is 11.3 Å². The summed E-state index contributed by atoms with van der Waals surface area (Å²) in [6.45, 7) is 0.493. The predicted molar refractivity (Wildman–Crippen MR) is 91.8 cm³/mol. The second-order valence-electron chi connectivity index (χ2n) is 5.14. The average molecular weight is 305 g/mol. The number of fused-ring (bicyclic) bond motifs is 1. The van der Waals surface area contributed by atoms with Crippen molar-refractivity contribution in [2.75, 3.05) is 0 Å². The third-order valence-electron chi connectivity index (χ3n) is 3.82. The van der Waals surface area contributed by atoms with Crippen LogP contribution in [0.2, 0.25) is 0 Å². The Morgan fingerprint density at radius 1 is 0.909 bits per heavy atom. The maximum Gasteiger partial charge on any atom is 0.194 e. The predicted octanol–water partition coefficient (Wildman–Crippen LogP) is 4.19. The van der Waals surface area contributed by atoms with Crippen molar-refractivity contribution >= 4 is 16.3 Å². The van der Waals surface area contributed by atoms with E-state index in [1.54, 1.807) is 11.3 Å². The molecule has 0 amide bonds. The van der Waals surface area contributed by atoms with Gasteiger partial charge in [-0.25, -0.2) is 4.98 Å². The number of aromatic nitrogens is 2. The number of benzene rings is 2. The van der Waals surface area contributed by atoms with Gasteiger partial charge in [0, 0.05) is 11.9 Å². The minimum atomic E-state index is 0.493. The summed E-state index contributed by atoms with van der Waals surface area (Å²) >= 11 is 1.64. The topological polar surface area (TPSA) is 43.3 Å². The van der Waals surface area contributed by atoms with Gasteiger partial charge in [0.15, 0.2) is 4.96 Å². The highest BCUT2D eigenvalue weighted by Gasteiger charge is 2.10.